The lowest BCUT2D eigenvalue weighted by atomic mass is 9.90. The Bertz CT molecular complexity index is 1270. The zero-order chi connectivity index (χ0) is 23.8. The van der Waals surface area contributed by atoms with E-state index in [-0.39, 0.29) is 17.4 Å². The fraction of sp³-hybridized carbons (Fsp3) is 0.333. The molecule has 0 bridgehead atoms. The van der Waals surface area contributed by atoms with E-state index in [1.165, 1.54) is 0 Å². The summed E-state index contributed by atoms with van der Waals surface area (Å²) in [4.78, 5) is 28.7. The highest BCUT2D eigenvalue weighted by molar-refractivity contribution is 6.31. The van der Waals surface area contributed by atoms with E-state index in [1.54, 1.807) is 29.2 Å². The molecule has 1 aliphatic carbocycles. The quantitative estimate of drug-likeness (QED) is 0.414. The molecule has 1 aromatic heterocycles. The van der Waals surface area contributed by atoms with E-state index in [2.05, 4.69) is 0 Å². The maximum atomic E-state index is 13.7. The molecule has 0 saturated heterocycles. The van der Waals surface area contributed by atoms with Gasteiger partial charge in [-0.25, -0.2) is 0 Å². The van der Waals surface area contributed by atoms with Gasteiger partial charge in [0.05, 0.1) is 18.2 Å². The number of aliphatic hydroxyl groups is 1. The minimum absolute atomic E-state index is 0.0419. The molecule has 1 atom stereocenters. The molecule has 1 unspecified atom stereocenters. The fourth-order valence-electron chi connectivity index (χ4n) is 5.09. The number of hydrogen-bond acceptors (Lipinski definition) is 5. The van der Waals surface area contributed by atoms with Crippen molar-refractivity contribution < 1.29 is 23.8 Å². The first-order valence-corrected chi connectivity index (χ1v) is 12.1. The maximum Gasteiger partial charge on any atom is 0.290 e. The highest BCUT2D eigenvalue weighted by Crippen LogP contribution is 2.43. The number of amides is 1. The van der Waals surface area contributed by atoms with Crippen LogP contribution in [0.1, 0.15) is 61.2 Å². The van der Waals surface area contributed by atoms with Crippen molar-refractivity contribution in [2.45, 2.75) is 51.1 Å². The molecule has 3 aromatic rings. The number of Topliss-reactive ketones (excluding diaryl/α,β-unsaturated/α-hetero) is 1. The summed E-state index contributed by atoms with van der Waals surface area (Å²) < 4.78 is 11.4. The molecule has 0 spiro atoms. The molecule has 2 aromatic carbocycles. The molecule has 5 rings (SSSR count). The van der Waals surface area contributed by atoms with Crippen molar-refractivity contribution in [1.82, 2.24) is 4.90 Å². The zero-order valence-corrected chi connectivity index (χ0v) is 19.7. The van der Waals surface area contributed by atoms with Gasteiger partial charge in [0.15, 0.2) is 11.5 Å². The van der Waals surface area contributed by atoms with Crippen LogP contribution in [0.25, 0.3) is 11.0 Å². The second kappa shape index (κ2) is 9.18. The first kappa shape index (κ1) is 22.5. The van der Waals surface area contributed by atoms with Gasteiger partial charge in [0.1, 0.15) is 11.3 Å². The van der Waals surface area contributed by atoms with Crippen LogP contribution in [-0.4, -0.2) is 34.3 Å². The van der Waals surface area contributed by atoms with Crippen LogP contribution in [0, 0.1) is 0 Å². The van der Waals surface area contributed by atoms with Crippen molar-refractivity contribution in [1.29, 1.82) is 0 Å². The molecule has 0 radical (unpaired) electrons. The predicted molar refractivity (Wildman–Crippen MR) is 129 cm³/mol. The van der Waals surface area contributed by atoms with Crippen molar-refractivity contribution in [2.24, 2.45) is 0 Å². The molecule has 1 saturated carbocycles. The highest BCUT2D eigenvalue weighted by Gasteiger charge is 2.47. The number of rotatable bonds is 6. The number of carbonyl (C=O) groups excluding carboxylic acids is 2. The Morgan fingerprint density at radius 1 is 1.12 bits per heavy atom. The number of benzene rings is 2. The molecule has 1 amide bonds. The van der Waals surface area contributed by atoms with E-state index in [0.29, 0.717) is 28.3 Å². The lowest BCUT2D eigenvalue weighted by Gasteiger charge is -2.36. The molecule has 1 aliphatic heterocycles. The Kier molecular flexibility index (Phi) is 6.09. The van der Waals surface area contributed by atoms with Crippen molar-refractivity contribution in [3.05, 3.63) is 76.2 Å². The van der Waals surface area contributed by atoms with Gasteiger partial charge in [-0.1, -0.05) is 43.0 Å². The fourth-order valence-corrected chi connectivity index (χ4v) is 5.27. The molecular weight excluding hydrogens is 454 g/mol. The topological polar surface area (TPSA) is 80.0 Å². The molecular formula is C27H26ClNO5. The van der Waals surface area contributed by atoms with Crippen LogP contribution in [-0.2, 0) is 4.79 Å². The van der Waals surface area contributed by atoms with Crippen LogP contribution < -0.4 is 4.74 Å². The number of ether oxygens (including phenoxy) is 1. The SMILES string of the molecule is CCOc1ccc(C2C(C(=O)c3cc4cc(Cl)ccc4o3)=C(O)C(=O)N2C2CCCCC2)cc1. The molecule has 176 valence electrons. The molecule has 2 heterocycles. The average molecular weight is 480 g/mol. The summed E-state index contributed by atoms with van der Waals surface area (Å²) in [5.41, 5.74) is 1.30. The molecule has 34 heavy (non-hydrogen) atoms. The van der Waals surface area contributed by atoms with Crippen molar-refractivity contribution in [3.63, 3.8) is 0 Å². The summed E-state index contributed by atoms with van der Waals surface area (Å²) >= 11 is 6.08. The number of ketones is 1. The summed E-state index contributed by atoms with van der Waals surface area (Å²) in [6.45, 7) is 2.45. The third-order valence-electron chi connectivity index (χ3n) is 6.67. The highest BCUT2D eigenvalue weighted by atomic mass is 35.5. The predicted octanol–water partition coefficient (Wildman–Crippen LogP) is 6.40. The smallest absolute Gasteiger partial charge is 0.290 e. The van der Waals surface area contributed by atoms with E-state index in [0.717, 1.165) is 37.7 Å². The number of aliphatic hydroxyl groups excluding tert-OH is 1. The second-order valence-electron chi connectivity index (χ2n) is 8.79. The number of furan rings is 1. The standard InChI is InChI=1S/C27H26ClNO5/c1-2-33-20-11-8-16(9-12-20)24-23(26(31)27(32)29(24)19-6-4-3-5-7-19)25(30)22-15-17-14-18(28)10-13-21(17)34-22/h8-15,19,24,31H,2-7H2,1H3. The Morgan fingerprint density at radius 2 is 1.85 bits per heavy atom. The van der Waals surface area contributed by atoms with Gasteiger partial charge in [-0.05, 0) is 61.7 Å². The normalized spacial score (nSPS) is 19.3. The van der Waals surface area contributed by atoms with E-state index in [9.17, 15) is 14.7 Å². The number of fused-ring (bicyclic) bond motifs is 1. The van der Waals surface area contributed by atoms with Gasteiger partial charge >= 0.3 is 0 Å². The Labute approximate surface area is 202 Å². The van der Waals surface area contributed by atoms with Crippen LogP contribution >= 0.6 is 11.6 Å². The Morgan fingerprint density at radius 3 is 2.56 bits per heavy atom. The van der Waals surface area contributed by atoms with Crippen LogP contribution in [0.15, 0.2) is 64.3 Å². The van der Waals surface area contributed by atoms with Crippen molar-refractivity contribution in [3.8, 4) is 5.75 Å². The first-order chi connectivity index (χ1) is 16.5. The van der Waals surface area contributed by atoms with Gasteiger partial charge in [-0.15, -0.1) is 0 Å². The number of nitrogens with zero attached hydrogens (tertiary/aromatic N) is 1. The summed E-state index contributed by atoms with van der Waals surface area (Å²) in [6.07, 6.45) is 4.84. The minimum Gasteiger partial charge on any atom is -0.503 e. The number of halogens is 1. The molecule has 1 N–H and O–H groups in total. The van der Waals surface area contributed by atoms with Gasteiger partial charge in [0, 0.05) is 16.5 Å². The van der Waals surface area contributed by atoms with Crippen LogP contribution in [0.2, 0.25) is 5.02 Å². The van der Waals surface area contributed by atoms with Crippen molar-refractivity contribution in [2.75, 3.05) is 6.61 Å². The summed E-state index contributed by atoms with van der Waals surface area (Å²) in [5, 5.41) is 12.2. The van der Waals surface area contributed by atoms with Crippen molar-refractivity contribution >= 4 is 34.3 Å². The molecule has 6 nitrogen and oxygen atoms in total. The second-order valence-corrected chi connectivity index (χ2v) is 9.23. The van der Waals surface area contributed by atoms with E-state index < -0.39 is 23.5 Å². The lowest BCUT2D eigenvalue weighted by molar-refractivity contribution is -0.132. The Balaban J connectivity index is 1.58. The average Bonchev–Trinajstić information content (AvgIpc) is 3.38. The monoisotopic (exact) mass is 479 g/mol. The summed E-state index contributed by atoms with van der Waals surface area (Å²) in [5.74, 6) is -0.750. The largest absolute Gasteiger partial charge is 0.503 e. The van der Waals surface area contributed by atoms with Crippen LogP contribution in [0.5, 0.6) is 5.75 Å². The van der Waals surface area contributed by atoms with Crippen LogP contribution in [0.4, 0.5) is 0 Å². The van der Waals surface area contributed by atoms with E-state index >= 15 is 0 Å². The Hall–Kier alpha value is -3.25. The zero-order valence-electron chi connectivity index (χ0n) is 18.9. The first-order valence-electron chi connectivity index (χ1n) is 11.7. The molecule has 2 aliphatic rings. The van der Waals surface area contributed by atoms with Gasteiger partial charge in [-0.3, -0.25) is 9.59 Å². The molecule has 1 fully saturated rings. The number of carbonyl (C=O) groups is 2. The third-order valence-corrected chi connectivity index (χ3v) is 6.90. The minimum atomic E-state index is -0.699. The molecule has 7 heteroatoms. The van der Waals surface area contributed by atoms with E-state index in [1.807, 2.05) is 31.2 Å². The number of hydrogen-bond donors (Lipinski definition) is 1. The summed E-state index contributed by atoms with van der Waals surface area (Å²) in [6, 6.07) is 13.3. The van der Waals surface area contributed by atoms with Gasteiger partial charge in [-0.2, -0.15) is 0 Å². The van der Waals surface area contributed by atoms with Gasteiger partial charge in [0.2, 0.25) is 5.78 Å². The van der Waals surface area contributed by atoms with Gasteiger partial charge < -0.3 is 19.2 Å². The summed E-state index contributed by atoms with van der Waals surface area (Å²) in [7, 11) is 0. The van der Waals surface area contributed by atoms with Crippen LogP contribution in [0.3, 0.4) is 0 Å². The maximum absolute atomic E-state index is 13.7. The lowest BCUT2D eigenvalue weighted by Crippen LogP contribution is -2.41. The van der Waals surface area contributed by atoms with Gasteiger partial charge in [0.25, 0.3) is 5.91 Å². The third kappa shape index (κ3) is 3.96. The van der Waals surface area contributed by atoms with E-state index in [4.69, 9.17) is 20.8 Å².